The Morgan fingerprint density at radius 3 is 2.36 bits per heavy atom. The highest BCUT2D eigenvalue weighted by atomic mass is 19.3. The monoisotopic (exact) mass is 390 g/mol. The molecule has 28 heavy (non-hydrogen) atoms. The Labute approximate surface area is 163 Å². The Morgan fingerprint density at radius 1 is 1.11 bits per heavy atom. The molecule has 1 aliphatic heterocycles. The van der Waals surface area contributed by atoms with Crippen LogP contribution in [0, 0.1) is 6.92 Å². The number of hydrogen-bond donors (Lipinski definition) is 1. The largest absolute Gasteiger partial charge is 0.435 e. The number of rotatable bonds is 7. The zero-order chi connectivity index (χ0) is 19.9. The summed E-state index contributed by atoms with van der Waals surface area (Å²) in [7, 11) is 0. The van der Waals surface area contributed by atoms with Gasteiger partial charge in [0.25, 0.3) is 5.91 Å². The van der Waals surface area contributed by atoms with Crippen molar-refractivity contribution in [3.8, 4) is 5.75 Å². The molecule has 3 rings (SSSR count). The summed E-state index contributed by atoms with van der Waals surface area (Å²) in [6.45, 7) is 2.79. The van der Waals surface area contributed by atoms with Crippen LogP contribution in [0.1, 0.15) is 27.5 Å². The minimum Gasteiger partial charge on any atom is -0.435 e. The highest BCUT2D eigenvalue weighted by Crippen LogP contribution is 2.19. The SMILES string of the molecule is Cc1ccc([C@@H](CN2CCOCC2)NC(=O)c2ccc(OC(F)F)cc2)cc1. The van der Waals surface area contributed by atoms with Crippen LogP contribution in [0.4, 0.5) is 8.78 Å². The molecule has 1 heterocycles. The maximum Gasteiger partial charge on any atom is 0.387 e. The molecule has 2 aromatic carbocycles. The van der Waals surface area contributed by atoms with Crippen LogP contribution < -0.4 is 10.1 Å². The maximum absolute atomic E-state index is 12.7. The standard InChI is InChI=1S/C21H24F2N2O3/c1-15-2-4-16(5-3-15)19(14-25-10-12-27-13-11-25)24-20(26)17-6-8-18(9-7-17)28-21(22)23/h2-9,19,21H,10-14H2,1H3,(H,24,26)/t19-/m1/s1. The van der Waals surface area contributed by atoms with Crippen LogP contribution in [-0.4, -0.2) is 50.3 Å². The number of amides is 1. The van der Waals surface area contributed by atoms with Gasteiger partial charge in [0.15, 0.2) is 0 Å². The molecule has 0 aliphatic carbocycles. The van der Waals surface area contributed by atoms with Gasteiger partial charge in [-0.25, -0.2) is 0 Å². The van der Waals surface area contributed by atoms with Gasteiger partial charge in [-0.05, 0) is 36.8 Å². The summed E-state index contributed by atoms with van der Waals surface area (Å²) in [5, 5.41) is 3.07. The zero-order valence-corrected chi connectivity index (χ0v) is 15.7. The highest BCUT2D eigenvalue weighted by Gasteiger charge is 2.21. The minimum atomic E-state index is -2.89. The van der Waals surface area contributed by atoms with Crippen molar-refractivity contribution in [2.75, 3.05) is 32.8 Å². The second kappa shape index (κ2) is 9.61. The molecule has 1 saturated heterocycles. The van der Waals surface area contributed by atoms with Crippen molar-refractivity contribution in [2.24, 2.45) is 0 Å². The predicted octanol–water partition coefficient (Wildman–Crippen LogP) is 3.40. The van der Waals surface area contributed by atoms with Gasteiger partial charge in [-0.2, -0.15) is 8.78 Å². The Kier molecular flexibility index (Phi) is 6.95. The number of carbonyl (C=O) groups is 1. The van der Waals surface area contributed by atoms with Crippen LogP contribution in [0.2, 0.25) is 0 Å². The van der Waals surface area contributed by atoms with E-state index < -0.39 is 6.61 Å². The third kappa shape index (κ3) is 5.74. The van der Waals surface area contributed by atoms with Crippen molar-refractivity contribution >= 4 is 5.91 Å². The van der Waals surface area contributed by atoms with Gasteiger partial charge in [0.2, 0.25) is 0 Å². The highest BCUT2D eigenvalue weighted by molar-refractivity contribution is 5.94. The summed E-state index contributed by atoms with van der Waals surface area (Å²) < 4.78 is 34.3. The lowest BCUT2D eigenvalue weighted by molar-refractivity contribution is -0.0498. The lowest BCUT2D eigenvalue weighted by atomic mass is 10.0. The molecule has 2 aromatic rings. The van der Waals surface area contributed by atoms with E-state index in [0.717, 1.165) is 24.2 Å². The molecule has 7 heteroatoms. The van der Waals surface area contributed by atoms with Crippen LogP contribution in [0.15, 0.2) is 48.5 Å². The van der Waals surface area contributed by atoms with Crippen molar-refractivity contribution < 1.29 is 23.0 Å². The van der Waals surface area contributed by atoms with E-state index in [-0.39, 0.29) is 17.7 Å². The first-order valence-electron chi connectivity index (χ1n) is 9.23. The topological polar surface area (TPSA) is 50.8 Å². The van der Waals surface area contributed by atoms with E-state index in [0.29, 0.717) is 25.3 Å². The Balaban J connectivity index is 1.72. The van der Waals surface area contributed by atoms with E-state index in [1.807, 2.05) is 31.2 Å². The van der Waals surface area contributed by atoms with Crippen LogP contribution in [0.3, 0.4) is 0 Å². The van der Waals surface area contributed by atoms with Crippen LogP contribution in [-0.2, 0) is 4.74 Å². The number of hydrogen-bond acceptors (Lipinski definition) is 4. The van der Waals surface area contributed by atoms with E-state index >= 15 is 0 Å². The van der Waals surface area contributed by atoms with Gasteiger partial charge in [0.1, 0.15) is 5.75 Å². The molecule has 1 atom stereocenters. The molecule has 1 amide bonds. The summed E-state index contributed by atoms with van der Waals surface area (Å²) in [6.07, 6.45) is 0. The number of nitrogens with one attached hydrogen (secondary N) is 1. The first-order chi connectivity index (χ1) is 13.5. The molecule has 1 fully saturated rings. The molecule has 5 nitrogen and oxygen atoms in total. The summed E-state index contributed by atoms with van der Waals surface area (Å²) in [6, 6.07) is 13.6. The molecular weight excluding hydrogens is 366 g/mol. The van der Waals surface area contributed by atoms with E-state index in [1.54, 1.807) is 0 Å². The number of alkyl halides is 2. The van der Waals surface area contributed by atoms with Gasteiger partial charge >= 0.3 is 6.61 Å². The molecule has 150 valence electrons. The van der Waals surface area contributed by atoms with Gasteiger partial charge < -0.3 is 14.8 Å². The van der Waals surface area contributed by atoms with E-state index in [1.165, 1.54) is 24.3 Å². The van der Waals surface area contributed by atoms with Crippen LogP contribution in [0.5, 0.6) is 5.75 Å². The molecular formula is C21H24F2N2O3. The van der Waals surface area contributed by atoms with Crippen molar-refractivity contribution in [3.05, 3.63) is 65.2 Å². The molecule has 0 radical (unpaired) electrons. The lowest BCUT2D eigenvalue weighted by Gasteiger charge is -2.31. The second-order valence-corrected chi connectivity index (χ2v) is 6.75. The smallest absolute Gasteiger partial charge is 0.387 e. The third-order valence-corrected chi connectivity index (χ3v) is 4.67. The molecule has 0 spiro atoms. The van der Waals surface area contributed by atoms with Gasteiger partial charge in [-0.15, -0.1) is 0 Å². The van der Waals surface area contributed by atoms with E-state index in [4.69, 9.17) is 4.74 Å². The van der Waals surface area contributed by atoms with Gasteiger partial charge in [0.05, 0.1) is 19.3 Å². The fraction of sp³-hybridized carbons (Fsp3) is 0.381. The van der Waals surface area contributed by atoms with Crippen molar-refractivity contribution in [1.82, 2.24) is 10.2 Å². The second-order valence-electron chi connectivity index (χ2n) is 6.75. The first kappa shape index (κ1) is 20.2. The Bertz CT molecular complexity index is 760. The van der Waals surface area contributed by atoms with Crippen molar-refractivity contribution in [3.63, 3.8) is 0 Å². The minimum absolute atomic E-state index is 0.0231. The average Bonchev–Trinajstić information content (AvgIpc) is 2.69. The first-order valence-corrected chi connectivity index (χ1v) is 9.23. The normalized spacial score (nSPS) is 16.0. The van der Waals surface area contributed by atoms with Crippen LogP contribution >= 0.6 is 0 Å². The number of aryl methyl sites for hydroxylation is 1. The summed E-state index contributed by atoms with van der Waals surface area (Å²) in [4.78, 5) is 15.0. The van der Waals surface area contributed by atoms with Crippen LogP contribution in [0.25, 0.3) is 0 Å². The number of ether oxygens (including phenoxy) is 2. The molecule has 0 saturated carbocycles. The number of morpholine rings is 1. The van der Waals surface area contributed by atoms with Gasteiger partial charge in [-0.3, -0.25) is 9.69 Å². The number of carbonyl (C=O) groups excluding carboxylic acids is 1. The summed E-state index contributed by atoms with van der Waals surface area (Å²) in [5.41, 5.74) is 2.55. The van der Waals surface area contributed by atoms with Gasteiger partial charge in [-0.1, -0.05) is 29.8 Å². The third-order valence-electron chi connectivity index (χ3n) is 4.67. The van der Waals surface area contributed by atoms with E-state index in [9.17, 15) is 13.6 Å². The quantitative estimate of drug-likeness (QED) is 0.787. The molecule has 0 unspecified atom stereocenters. The summed E-state index contributed by atoms with van der Waals surface area (Å²) in [5.74, 6) is -0.239. The molecule has 1 N–H and O–H groups in total. The molecule has 1 aliphatic rings. The van der Waals surface area contributed by atoms with Gasteiger partial charge in [0, 0.05) is 25.2 Å². The number of nitrogens with zero attached hydrogens (tertiary/aromatic N) is 1. The predicted molar refractivity (Wildman–Crippen MR) is 102 cm³/mol. The Hall–Kier alpha value is -2.51. The fourth-order valence-electron chi connectivity index (χ4n) is 3.10. The molecule has 0 aromatic heterocycles. The summed E-state index contributed by atoms with van der Waals surface area (Å²) >= 11 is 0. The number of benzene rings is 2. The number of halogens is 2. The lowest BCUT2D eigenvalue weighted by Crippen LogP contribution is -2.43. The van der Waals surface area contributed by atoms with Crippen molar-refractivity contribution in [1.29, 1.82) is 0 Å². The zero-order valence-electron chi connectivity index (χ0n) is 15.7. The van der Waals surface area contributed by atoms with E-state index in [2.05, 4.69) is 15.0 Å². The Morgan fingerprint density at radius 2 is 1.75 bits per heavy atom. The van der Waals surface area contributed by atoms with Crippen molar-refractivity contribution in [2.45, 2.75) is 19.6 Å². The molecule has 0 bridgehead atoms. The maximum atomic E-state index is 12.7. The average molecular weight is 390 g/mol. The fourth-order valence-corrected chi connectivity index (χ4v) is 3.10.